The number of carbonyl (C=O) groups is 1. The minimum Gasteiger partial charge on any atom is -0.338 e. The van der Waals surface area contributed by atoms with Gasteiger partial charge in [-0.25, -0.2) is 0 Å². The van der Waals surface area contributed by atoms with Gasteiger partial charge in [-0.15, -0.1) is 0 Å². The van der Waals surface area contributed by atoms with Crippen molar-refractivity contribution in [3.05, 3.63) is 29.6 Å². The van der Waals surface area contributed by atoms with E-state index in [-0.39, 0.29) is 5.91 Å². The van der Waals surface area contributed by atoms with Gasteiger partial charge in [-0.05, 0) is 37.9 Å². The standard InChI is InChI=1S/C14H21N3O/c1-3-16-13-4-6-17(7-5-13)14(18)12-8-11(2)9-15-10-12/h8-10,13,16H,3-7H2,1-2H3. The number of carbonyl (C=O) groups excluding carboxylic acids is 1. The third kappa shape index (κ3) is 3.07. The van der Waals surface area contributed by atoms with E-state index in [4.69, 9.17) is 0 Å². The number of nitrogens with zero attached hydrogens (tertiary/aromatic N) is 2. The van der Waals surface area contributed by atoms with E-state index in [0.29, 0.717) is 11.6 Å². The first-order valence-corrected chi connectivity index (χ1v) is 6.65. The highest BCUT2D eigenvalue weighted by Crippen LogP contribution is 2.14. The average molecular weight is 247 g/mol. The van der Waals surface area contributed by atoms with Crippen LogP contribution in [0.25, 0.3) is 0 Å². The molecule has 0 aliphatic carbocycles. The van der Waals surface area contributed by atoms with Crippen LogP contribution in [0.2, 0.25) is 0 Å². The van der Waals surface area contributed by atoms with Crippen molar-refractivity contribution >= 4 is 5.91 Å². The molecule has 1 aliphatic heterocycles. The Morgan fingerprint density at radius 3 is 2.78 bits per heavy atom. The summed E-state index contributed by atoms with van der Waals surface area (Å²) in [5.41, 5.74) is 1.74. The first-order chi connectivity index (χ1) is 8.70. The van der Waals surface area contributed by atoms with Crippen molar-refractivity contribution in [1.82, 2.24) is 15.2 Å². The van der Waals surface area contributed by atoms with E-state index in [1.165, 1.54) is 0 Å². The molecule has 4 heteroatoms. The summed E-state index contributed by atoms with van der Waals surface area (Å²) in [5.74, 6) is 0.112. The molecule has 1 amide bonds. The molecule has 2 rings (SSSR count). The number of aromatic nitrogens is 1. The van der Waals surface area contributed by atoms with Crippen molar-refractivity contribution in [3.63, 3.8) is 0 Å². The second-order valence-electron chi connectivity index (χ2n) is 4.88. The van der Waals surface area contributed by atoms with Gasteiger partial charge >= 0.3 is 0 Å². The summed E-state index contributed by atoms with van der Waals surface area (Å²) < 4.78 is 0. The van der Waals surface area contributed by atoms with E-state index in [9.17, 15) is 4.79 Å². The largest absolute Gasteiger partial charge is 0.338 e. The van der Waals surface area contributed by atoms with E-state index < -0.39 is 0 Å². The molecule has 0 saturated carbocycles. The Morgan fingerprint density at radius 2 is 2.17 bits per heavy atom. The Hall–Kier alpha value is -1.42. The summed E-state index contributed by atoms with van der Waals surface area (Å²) in [4.78, 5) is 18.3. The van der Waals surface area contributed by atoms with Crippen LogP contribution in [0.1, 0.15) is 35.7 Å². The lowest BCUT2D eigenvalue weighted by atomic mass is 10.0. The summed E-state index contributed by atoms with van der Waals surface area (Å²) in [7, 11) is 0. The summed E-state index contributed by atoms with van der Waals surface area (Å²) in [6.07, 6.45) is 5.51. The predicted octanol–water partition coefficient (Wildman–Crippen LogP) is 1.60. The Balaban J connectivity index is 1.95. The van der Waals surface area contributed by atoms with Gasteiger partial charge in [0.2, 0.25) is 0 Å². The zero-order valence-corrected chi connectivity index (χ0v) is 11.1. The van der Waals surface area contributed by atoms with Crippen LogP contribution in [-0.2, 0) is 0 Å². The second kappa shape index (κ2) is 5.96. The molecule has 1 N–H and O–H groups in total. The van der Waals surface area contributed by atoms with Gasteiger partial charge in [0.25, 0.3) is 5.91 Å². The molecule has 4 nitrogen and oxygen atoms in total. The lowest BCUT2D eigenvalue weighted by Crippen LogP contribution is -2.44. The first-order valence-electron chi connectivity index (χ1n) is 6.65. The highest BCUT2D eigenvalue weighted by atomic mass is 16.2. The highest BCUT2D eigenvalue weighted by Gasteiger charge is 2.23. The number of aryl methyl sites for hydroxylation is 1. The molecular formula is C14H21N3O. The molecule has 2 heterocycles. The topological polar surface area (TPSA) is 45.2 Å². The fourth-order valence-electron chi connectivity index (χ4n) is 2.43. The van der Waals surface area contributed by atoms with Crippen molar-refractivity contribution in [1.29, 1.82) is 0 Å². The number of hydrogen-bond donors (Lipinski definition) is 1. The van der Waals surface area contributed by atoms with Crippen molar-refractivity contribution in [2.75, 3.05) is 19.6 Å². The molecule has 1 aromatic rings. The van der Waals surface area contributed by atoms with E-state index in [1.54, 1.807) is 12.4 Å². The average Bonchev–Trinajstić information content (AvgIpc) is 2.39. The van der Waals surface area contributed by atoms with Gasteiger partial charge in [0.1, 0.15) is 0 Å². The third-order valence-electron chi connectivity index (χ3n) is 3.40. The number of rotatable bonds is 3. The Morgan fingerprint density at radius 1 is 1.44 bits per heavy atom. The van der Waals surface area contributed by atoms with Crippen LogP contribution in [0.5, 0.6) is 0 Å². The van der Waals surface area contributed by atoms with Crippen LogP contribution in [0.15, 0.2) is 18.5 Å². The van der Waals surface area contributed by atoms with Gasteiger partial charge in [-0.2, -0.15) is 0 Å². The van der Waals surface area contributed by atoms with E-state index in [1.807, 2.05) is 17.9 Å². The predicted molar refractivity (Wildman–Crippen MR) is 71.6 cm³/mol. The molecule has 1 aliphatic rings. The molecule has 18 heavy (non-hydrogen) atoms. The Kier molecular flexibility index (Phi) is 4.31. The van der Waals surface area contributed by atoms with E-state index in [2.05, 4.69) is 17.2 Å². The molecule has 0 atom stereocenters. The lowest BCUT2D eigenvalue weighted by Gasteiger charge is -2.32. The normalized spacial score (nSPS) is 16.9. The summed E-state index contributed by atoms with van der Waals surface area (Å²) in [6.45, 7) is 6.76. The fraction of sp³-hybridized carbons (Fsp3) is 0.571. The summed E-state index contributed by atoms with van der Waals surface area (Å²) >= 11 is 0. The van der Waals surface area contributed by atoms with Crippen LogP contribution < -0.4 is 5.32 Å². The number of hydrogen-bond acceptors (Lipinski definition) is 3. The second-order valence-corrected chi connectivity index (χ2v) is 4.88. The zero-order valence-electron chi connectivity index (χ0n) is 11.1. The van der Waals surface area contributed by atoms with Gasteiger partial charge in [-0.1, -0.05) is 6.92 Å². The number of pyridine rings is 1. The maximum atomic E-state index is 12.3. The summed E-state index contributed by atoms with van der Waals surface area (Å²) in [5, 5.41) is 3.44. The molecule has 1 fully saturated rings. The van der Waals surface area contributed by atoms with Crippen LogP contribution in [0, 0.1) is 6.92 Å². The quantitative estimate of drug-likeness (QED) is 0.882. The van der Waals surface area contributed by atoms with Crippen LogP contribution >= 0.6 is 0 Å². The molecular weight excluding hydrogens is 226 g/mol. The maximum Gasteiger partial charge on any atom is 0.255 e. The SMILES string of the molecule is CCNC1CCN(C(=O)c2cncc(C)c2)CC1. The molecule has 0 radical (unpaired) electrons. The number of piperidine rings is 1. The van der Waals surface area contributed by atoms with Gasteiger partial charge < -0.3 is 10.2 Å². The first kappa shape index (κ1) is 13.0. The van der Waals surface area contributed by atoms with Gasteiger partial charge in [-0.3, -0.25) is 9.78 Å². The van der Waals surface area contributed by atoms with Crippen LogP contribution in [0.3, 0.4) is 0 Å². The van der Waals surface area contributed by atoms with Gasteiger partial charge in [0.05, 0.1) is 5.56 Å². The minimum atomic E-state index is 0.112. The molecule has 0 spiro atoms. The van der Waals surface area contributed by atoms with Crippen molar-refractivity contribution in [2.24, 2.45) is 0 Å². The Labute approximate surface area is 108 Å². The highest BCUT2D eigenvalue weighted by molar-refractivity contribution is 5.94. The molecule has 0 bridgehead atoms. The molecule has 1 saturated heterocycles. The minimum absolute atomic E-state index is 0.112. The molecule has 0 unspecified atom stereocenters. The smallest absolute Gasteiger partial charge is 0.255 e. The number of likely N-dealkylation sites (tertiary alicyclic amines) is 1. The molecule has 0 aromatic carbocycles. The maximum absolute atomic E-state index is 12.3. The van der Waals surface area contributed by atoms with E-state index in [0.717, 1.165) is 38.0 Å². The van der Waals surface area contributed by atoms with Crippen molar-refractivity contribution < 1.29 is 4.79 Å². The Bertz CT molecular complexity index is 411. The van der Waals surface area contributed by atoms with Crippen LogP contribution in [0.4, 0.5) is 0 Å². The molecule has 1 aromatic heterocycles. The monoisotopic (exact) mass is 247 g/mol. The number of amides is 1. The fourth-order valence-corrected chi connectivity index (χ4v) is 2.43. The third-order valence-corrected chi connectivity index (χ3v) is 3.40. The van der Waals surface area contributed by atoms with Crippen LogP contribution in [-0.4, -0.2) is 41.5 Å². The molecule has 98 valence electrons. The summed E-state index contributed by atoms with van der Waals surface area (Å²) in [6, 6.07) is 2.47. The van der Waals surface area contributed by atoms with Gasteiger partial charge in [0.15, 0.2) is 0 Å². The number of nitrogens with one attached hydrogen (secondary N) is 1. The van der Waals surface area contributed by atoms with Gasteiger partial charge in [0, 0.05) is 31.5 Å². The van der Waals surface area contributed by atoms with Crippen molar-refractivity contribution in [3.8, 4) is 0 Å². The lowest BCUT2D eigenvalue weighted by molar-refractivity contribution is 0.0705. The van der Waals surface area contributed by atoms with E-state index >= 15 is 0 Å². The zero-order chi connectivity index (χ0) is 13.0. The van der Waals surface area contributed by atoms with Crippen molar-refractivity contribution in [2.45, 2.75) is 32.7 Å².